The van der Waals surface area contributed by atoms with E-state index in [0.717, 1.165) is 5.56 Å². The van der Waals surface area contributed by atoms with Crippen LogP contribution < -0.4 is 10.6 Å². The van der Waals surface area contributed by atoms with Gasteiger partial charge in [-0.25, -0.2) is 0 Å². The topological polar surface area (TPSA) is 84.3 Å². The van der Waals surface area contributed by atoms with Gasteiger partial charge in [0.25, 0.3) is 5.69 Å². The summed E-state index contributed by atoms with van der Waals surface area (Å²) in [7, 11) is 0. The summed E-state index contributed by atoms with van der Waals surface area (Å²) in [5.41, 5.74) is 1.67. The lowest BCUT2D eigenvalue weighted by Crippen LogP contribution is -2.19. The lowest BCUT2D eigenvalue weighted by Gasteiger charge is -2.18. The maximum absolute atomic E-state index is 11.3. The molecule has 6 heteroatoms. The van der Waals surface area contributed by atoms with E-state index in [-0.39, 0.29) is 18.1 Å². The van der Waals surface area contributed by atoms with Gasteiger partial charge in [0.1, 0.15) is 5.69 Å². The summed E-state index contributed by atoms with van der Waals surface area (Å²) >= 11 is 0. The number of anilines is 2. The number of nitro benzene ring substituents is 1. The average molecular weight is 245 g/mol. The summed E-state index contributed by atoms with van der Waals surface area (Å²) in [4.78, 5) is 21.8. The van der Waals surface area contributed by atoms with Gasteiger partial charge >= 0.3 is 0 Å². The van der Waals surface area contributed by atoms with E-state index in [9.17, 15) is 14.9 Å². The Morgan fingerprint density at radius 2 is 2.28 bits per heavy atom. The van der Waals surface area contributed by atoms with E-state index in [2.05, 4.69) is 16.6 Å². The molecule has 0 radical (unpaired) electrons. The Bertz CT molecular complexity index is 560. The van der Waals surface area contributed by atoms with Crippen molar-refractivity contribution in [1.82, 2.24) is 0 Å². The predicted octanol–water partition coefficient (Wildman–Crippen LogP) is 1.52. The van der Waals surface area contributed by atoms with Gasteiger partial charge in [0.15, 0.2) is 0 Å². The van der Waals surface area contributed by atoms with Crippen LogP contribution in [0.1, 0.15) is 12.0 Å². The number of hydrogen-bond donors (Lipinski definition) is 2. The molecule has 18 heavy (non-hydrogen) atoms. The molecule has 1 heterocycles. The molecular formula is C12H11N3O3. The molecule has 2 rings (SSSR count). The SMILES string of the molecule is C#CCNc1cc2c(cc1[N+](=O)[O-])CCC(=O)N2. The summed E-state index contributed by atoms with van der Waals surface area (Å²) in [5, 5.41) is 16.4. The van der Waals surface area contributed by atoms with Crippen molar-refractivity contribution in [2.45, 2.75) is 12.8 Å². The molecule has 6 nitrogen and oxygen atoms in total. The predicted molar refractivity (Wildman–Crippen MR) is 67.4 cm³/mol. The normalized spacial score (nSPS) is 13.2. The summed E-state index contributed by atoms with van der Waals surface area (Å²) in [6.07, 6.45) is 5.97. The van der Waals surface area contributed by atoms with E-state index in [4.69, 9.17) is 6.42 Å². The maximum atomic E-state index is 11.3. The zero-order chi connectivity index (χ0) is 13.1. The molecule has 0 aliphatic carbocycles. The third kappa shape index (κ3) is 2.25. The molecule has 1 aliphatic heterocycles. The van der Waals surface area contributed by atoms with Crippen molar-refractivity contribution < 1.29 is 9.72 Å². The van der Waals surface area contributed by atoms with E-state index in [1.54, 1.807) is 6.07 Å². The van der Waals surface area contributed by atoms with Crippen LogP contribution >= 0.6 is 0 Å². The smallest absolute Gasteiger partial charge is 0.292 e. The largest absolute Gasteiger partial charge is 0.369 e. The van der Waals surface area contributed by atoms with Crippen molar-refractivity contribution in [3.05, 3.63) is 27.8 Å². The van der Waals surface area contributed by atoms with E-state index in [0.29, 0.717) is 24.2 Å². The summed E-state index contributed by atoms with van der Waals surface area (Å²) < 4.78 is 0. The van der Waals surface area contributed by atoms with Gasteiger partial charge in [-0.2, -0.15) is 0 Å². The molecule has 0 aromatic heterocycles. The fourth-order valence-corrected chi connectivity index (χ4v) is 1.85. The van der Waals surface area contributed by atoms with E-state index >= 15 is 0 Å². The molecular weight excluding hydrogens is 234 g/mol. The monoisotopic (exact) mass is 245 g/mol. The Labute approximate surface area is 104 Å². The number of carbonyl (C=O) groups excluding carboxylic acids is 1. The second-order valence-electron chi connectivity index (χ2n) is 3.89. The van der Waals surface area contributed by atoms with Crippen molar-refractivity contribution in [2.24, 2.45) is 0 Å². The molecule has 0 atom stereocenters. The van der Waals surface area contributed by atoms with Crippen molar-refractivity contribution >= 4 is 23.0 Å². The number of nitro groups is 1. The van der Waals surface area contributed by atoms with Crippen LogP contribution in [-0.4, -0.2) is 17.4 Å². The first-order valence-corrected chi connectivity index (χ1v) is 5.40. The van der Waals surface area contributed by atoms with Crippen molar-refractivity contribution in [1.29, 1.82) is 0 Å². The molecule has 0 saturated carbocycles. The van der Waals surface area contributed by atoms with Crippen LogP contribution in [0.5, 0.6) is 0 Å². The van der Waals surface area contributed by atoms with Gasteiger partial charge in [-0.1, -0.05) is 5.92 Å². The van der Waals surface area contributed by atoms with Gasteiger partial charge in [-0.3, -0.25) is 14.9 Å². The highest BCUT2D eigenvalue weighted by atomic mass is 16.6. The number of rotatable bonds is 3. The number of terminal acetylenes is 1. The minimum atomic E-state index is -0.463. The first-order valence-electron chi connectivity index (χ1n) is 5.40. The molecule has 1 aliphatic rings. The Kier molecular flexibility index (Phi) is 3.15. The first-order chi connectivity index (χ1) is 8.61. The van der Waals surface area contributed by atoms with Gasteiger partial charge in [-0.15, -0.1) is 6.42 Å². The van der Waals surface area contributed by atoms with Gasteiger partial charge in [-0.05, 0) is 18.1 Å². The fraction of sp³-hybridized carbons (Fsp3) is 0.250. The molecule has 92 valence electrons. The molecule has 0 unspecified atom stereocenters. The zero-order valence-corrected chi connectivity index (χ0v) is 9.53. The Balaban J connectivity index is 2.44. The van der Waals surface area contributed by atoms with E-state index in [1.165, 1.54) is 6.07 Å². The van der Waals surface area contributed by atoms with Crippen LogP contribution in [-0.2, 0) is 11.2 Å². The third-order valence-corrected chi connectivity index (χ3v) is 2.69. The van der Waals surface area contributed by atoms with Crippen molar-refractivity contribution in [3.8, 4) is 12.3 Å². The summed E-state index contributed by atoms with van der Waals surface area (Å²) in [5.74, 6) is 2.27. The van der Waals surface area contributed by atoms with Crippen molar-refractivity contribution in [3.63, 3.8) is 0 Å². The van der Waals surface area contributed by atoms with Crippen LogP contribution in [0.4, 0.5) is 17.1 Å². The third-order valence-electron chi connectivity index (χ3n) is 2.69. The lowest BCUT2D eigenvalue weighted by atomic mass is 10.0. The van der Waals surface area contributed by atoms with E-state index < -0.39 is 4.92 Å². The number of benzene rings is 1. The van der Waals surface area contributed by atoms with Gasteiger partial charge in [0, 0.05) is 18.2 Å². The highest BCUT2D eigenvalue weighted by Gasteiger charge is 2.22. The summed E-state index contributed by atoms with van der Waals surface area (Å²) in [6.45, 7) is 0.188. The summed E-state index contributed by atoms with van der Waals surface area (Å²) in [6, 6.07) is 3.04. The van der Waals surface area contributed by atoms with Gasteiger partial charge in [0.05, 0.1) is 11.5 Å². The number of nitrogens with one attached hydrogen (secondary N) is 2. The minimum Gasteiger partial charge on any atom is -0.369 e. The molecule has 0 fully saturated rings. The Morgan fingerprint density at radius 3 is 2.94 bits per heavy atom. The number of amides is 1. The average Bonchev–Trinajstić information content (AvgIpc) is 2.34. The highest BCUT2D eigenvalue weighted by molar-refractivity contribution is 5.95. The van der Waals surface area contributed by atoms with Crippen molar-refractivity contribution in [2.75, 3.05) is 17.2 Å². The number of hydrogen-bond acceptors (Lipinski definition) is 4. The number of aryl methyl sites for hydroxylation is 1. The van der Waals surface area contributed by atoms with Gasteiger partial charge < -0.3 is 10.6 Å². The molecule has 2 N–H and O–H groups in total. The van der Waals surface area contributed by atoms with Crippen LogP contribution in [0.15, 0.2) is 12.1 Å². The number of fused-ring (bicyclic) bond motifs is 1. The number of nitrogens with zero attached hydrogens (tertiary/aromatic N) is 1. The molecule has 0 spiro atoms. The van der Waals surface area contributed by atoms with Crippen LogP contribution in [0, 0.1) is 22.5 Å². The number of carbonyl (C=O) groups is 1. The molecule has 1 aromatic carbocycles. The minimum absolute atomic E-state index is 0.0276. The Hall–Kier alpha value is -2.55. The molecule has 1 amide bonds. The second-order valence-corrected chi connectivity index (χ2v) is 3.89. The van der Waals surface area contributed by atoms with E-state index in [1.807, 2.05) is 0 Å². The molecule has 0 bridgehead atoms. The van der Waals surface area contributed by atoms with Crippen LogP contribution in [0.25, 0.3) is 0 Å². The zero-order valence-electron chi connectivity index (χ0n) is 9.53. The maximum Gasteiger partial charge on any atom is 0.292 e. The molecule has 0 saturated heterocycles. The van der Waals surface area contributed by atoms with Gasteiger partial charge in [0.2, 0.25) is 5.91 Å². The fourth-order valence-electron chi connectivity index (χ4n) is 1.85. The second kappa shape index (κ2) is 4.75. The quantitative estimate of drug-likeness (QED) is 0.480. The highest BCUT2D eigenvalue weighted by Crippen LogP contribution is 2.33. The van der Waals surface area contributed by atoms with Crippen LogP contribution in [0.3, 0.4) is 0 Å². The Morgan fingerprint density at radius 1 is 1.50 bits per heavy atom. The standard InChI is InChI=1S/C12H11N3O3/c1-2-5-13-10-7-9-8(3-4-12(16)14-9)6-11(10)15(17)18/h1,6-7,13H,3-5H2,(H,14,16). The first kappa shape index (κ1) is 11.9. The lowest BCUT2D eigenvalue weighted by molar-refractivity contribution is -0.384. The van der Waals surface area contributed by atoms with Crippen LogP contribution in [0.2, 0.25) is 0 Å². The molecule has 1 aromatic rings.